The summed E-state index contributed by atoms with van der Waals surface area (Å²) in [6.07, 6.45) is 0. The summed E-state index contributed by atoms with van der Waals surface area (Å²) < 4.78 is 9.37. The molecule has 10 aromatic rings. The number of hydrogen-bond acceptors (Lipinski definition) is 3. The molecule has 0 atom stereocenters. The van der Waals surface area contributed by atoms with Gasteiger partial charge in [-0.2, -0.15) is 0 Å². The number of hydrogen-bond donors (Lipinski definition) is 0. The van der Waals surface area contributed by atoms with Crippen molar-refractivity contribution >= 4 is 81.3 Å². The highest BCUT2D eigenvalue weighted by atomic mass is 32.1. The predicted molar refractivity (Wildman–Crippen MR) is 210 cm³/mol. The Balaban J connectivity index is 1.20. The molecule has 0 radical (unpaired) electrons. The lowest BCUT2D eigenvalue weighted by Crippen LogP contribution is -2.11. The van der Waals surface area contributed by atoms with Gasteiger partial charge in [0.15, 0.2) is 5.58 Å². The van der Waals surface area contributed by atoms with Crippen molar-refractivity contribution in [3.05, 3.63) is 176 Å². The third-order valence-electron chi connectivity index (χ3n) is 9.66. The zero-order chi connectivity index (χ0) is 32.3. The minimum atomic E-state index is 0.880. The highest BCUT2D eigenvalue weighted by molar-refractivity contribution is 7.25. The molecule has 0 spiro atoms. The first-order valence-corrected chi connectivity index (χ1v) is 17.4. The van der Waals surface area contributed by atoms with Crippen LogP contribution in [0.15, 0.2) is 180 Å². The number of anilines is 3. The van der Waals surface area contributed by atoms with Crippen molar-refractivity contribution in [2.75, 3.05) is 4.90 Å². The minimum Gasteiger partial charge on any atom is -0.454 e. The zero-order valence-corrected chi connectivity index (χ0v) is 27.3. The van der Waals surface area contributed by atoms with E-state index in [-0.39, 0.29) is 0 Å². The zero-order valence-electron chi connectivity index (χ0n) is 26.5. The summed E-state index contributed by atoms with van der Waals surface area (Å²) in [5.74, 6) is 0. The van der Waals surface area contributed by atoms with Gasteiger partial charge in [0.2, 0.25) is 0 Å². The quantitative estimate of drug-likeness (QED) is 0.186. The molecule has 10 rings (SSSR count). The van der Waals surface area contributed by atoms with Crippen LogP contribution >= 0.6 is 11.3 Å². The van der Waals surface area contributed by atoms with Crippen LogP contribution in [0.25, 0.3) is 75.1 Å². The number of nitrogens with zero attached hydrogens (tertiary/aromatic N) is 1. The van der Waals surface area contributed by atoms with Gasteiger partial charge in [-0.3, -0.25) is 0 Å². The monoisotopic (exact) mass is 643 g/mol. The van der Waals surface area contributed by atoms with E-state index in [0.717, 1.165) is 44.4 Å². The molecule has 0 saturated carbocycles. The molecule has 2 aromatic heterocycles. The summed E-state index contributed by atoms with van der Waals surface area (Å²) in [5.41, 5.74) is 9.77. The minimum absolute atomic E-state index is 0.880. The Morgan fingerprint density at radius 1 is 0.429 bits per heavy atom. The van der Waals surface area contributed by atoms with Crippen LogP contribution in [0.2, 0.25) is 0 Å². The second-order valence-electron chi connectivity index (χ2n) is 12.5. The molecule has 0 saturated heterocycles. The Bertz CT molecular complexity index is 2810. The lowest BCUT2D eigenvalue weighted by Gasteiger charge is -2.27. The molecule has 0 unspecified atom stereocenters. The van der Waals surface area contributed by atoms with Crippen molar-refractivity contribution in [3.8, 4) is 22.3 Å². The van der Waals surface area contributed by atoms with E-state index in [4.69, 9.17) is 4.42 Å². The molecular formula is C46H29NOS. The van der Waals surface area contributed by atoms with Crippen LogP contribution < -0.4 is 4.90 Å². The molecule has 3 heteroatoms. The molecule has 0 bridgehead atoms. The molecule has 0 aliphatic heterocycles. The number of fused-ring (bicyclic) bond motifs is 7. The standard InChI is InChI=1S/C46H29NOS/c1-2-11-30(12-3-1)31-21-25-34(26-22-31)47(45-37-14-5-4-13-33(37)29-40-38-15-6-8-18-41(38)48-46(40)45)35-27-23-32(24-28-35)36-17-10-20-43-44(36)39-16-7-9-19-42(39)49-43/h1-29H. The first-order valence-electron chi connectivity index (χ1n) is 16.6. The van der Waals surface area contributed by atoms with Gasteiger partial charge < -0.3 is 9.32 Å². The average molecular weight is 644 g/mol. The third kappa shape index (κ3) is 4.55. The van der Waals surface area contributed by atoms with Crippen molar-refractivity contribution in [1.82, 2.24) is 0 Å². The number of rotatable bonds is 5. The van der Waals surface area contributed by atoms with Crippen LogP contribution in [0.5, 0.6) is 0 Å². The molecule has 0 N–H and O–H groups in total. The van der Waals surface area contributed by atoms with E-state index in [2.05, 4.69) is 175 Å². The van der Waals surface area contributed by atoms with Gasteiger partial charge in [0.1, 0.15) is 5.58 Å². The van der Waals surface area contributed by atoms with Crippen LogP contribution in [0.3, 0.4) is 0 Å². The molecule has 0 fully saturated rings. The van der Waals surface area contributed by atoms with E-state index in [1.165, 1.54) is 47.8 Å². The van der Waals surface area contributed by atoms with Crippen molar-refractivity contribution in [2.45, 2.75) is 0 Å². The van der Waals surface area contributed by atoms with Gasteiger partial charge in [0.05, 0.1) is 5.69 Å². The maximum Gasteiger partial charge on any atom is 0.160 e. The molecular weight excluding hydrogens is 615 g/mol. The molecule has 2 nitrogen and oxygen atoms in total. The fourth-order valence-corrected chi connectivity index (χ4v) is 8.50. The summed E-state index contributed by atoms with van der Waals surface area (Å²) in [4.78, 5) is 2.37. The van der Waals surface area contributed by atoms with Crippen LogP contribution in [-0.4, -0.2) is 0 Å². The maximum atomic E-state index is 6.74. The number of benzene rings is 8. The largest absolute Gasteiger partial charge is 0.454 e. The molecule has 0 amide bonds. The second-order valence-corrected chi connectivity index (χ2v) is 13.6. The van der Waals surface area contributed by atoms with E-state index in [1.54, 1.807) is 0 Å². The van der Waals surface area contributed by atoms with Crippen LogP contribution in [-0.2, 0) is 0 Å². The van der Waals surface area contributed by atoms with Crippen LogP contribution in [0, 0.1) is 0 Å². The number of para-hydroxylation sites is 1. The smallest absolute Gasteiger partial charge is 0.160 e. The van der Waals surface area contributed by atoms with Crippen LogP contribution in [0.4, 0.5) is 17.1 Å². The molecule has 0 aliphatic carbocycles. The Kier molecular flexibility index (Phi) is 6.39. The summed E-state index contributed by atoms with van der Waals surface area (Å²) in [6, 6.07) is 63.1. The highest BCUT2D eigenvalue weighted by Crippen LogP contribution is 2.47. The Labute approximate surface area is 287 Å². The van der Waals surface area contributed by atoms with Crippen molar-refractivity contribution in [2.24, 2.45) is 0 Å². The van der Waals surface area contributed by atoms with Gasteiger partial charge in [0.25, 0.3) is 0 Å². The highest BCUT2D eigenvalue weighted by Gasteiger charge is 2.23. The van der Waals surface area contributed by atoms with Gasteiger partial charge in [-0.25, -0.2) is 0 Å². The number of furan rings is 1. The molecule has 8 aromatic carbocycles. The van der Waals surface area contributed by atoms with Gasteiger partial charge in [-0.05, 0) is 76.2 Å². The lowest BCUT2D eigenvalue weighted by molar-refractivity contribution is 0.669. The normalized spacial score (nSPS) is 11.7. The Morgan fingerprint density at radius 3 is 1.84 bits per heavy atom. The summed E-state index contributed by atoms with van der Waals surface area (Å²) >= 11 is 1.86. The third-order valence-corrected chi connectivity index (χ3v) is 10.8. The first kappa shape index (κ1) is 27.9. The lowest BCUT2D eigenvalue weighted by atomic mass is 9.98. The van der Waals surface area contributed by atoms with E-state index < -0.39 is 0 Å². The van der Waals surface area contributed by atoms with E-state index in [0.29, 0.717) is 0 Å². The van der Waals surface area contributed by atoms with E-state index >= 15 is 0 Å². The van der Waals surface area contributed by atoms with Crippen LogP contribution in [0.1, 0.15) is 0 Å². The Morgan fingerprint density at radius 2 is 1.04 bits per heavy atom. The van der Waals surface area contributed by atoms with Crippen molar-refractivity contribution in [3.63, 3.8) is 0 Å². The van der Waals surface area contributed by atoms with Gasteiger partial charge >= 0.3 is 0 Å². The predicted octanol–water partition coefficient (Wildman–Crippen LogP) is 13.9. The Hall–Kier alpha value is -6.16. The van der Waals surface area contributed by atoms with Gasteiger partial charge in [-0.15, -0.1) is 11.3 Å². The van der Waals surface area contributed by atoms with E-state index in [1.807, 2.05) is 17.4 Å². The second kappa shape index (κ2) is 11.2. The van der Waals surface area contributed by atoms with Gasteiger partial charge in [0, 0.05) is 47.7 Å². The fraction of sp³-hybridized carbons (Fsp3) is 0. The molecule has 2 heterocycles. The summed E-state index contributed by atoms with van der Waals surface area (Å²) in [6.45, 7) is 0. The molecule has 230 valence electrons. The van der Waals surface area contributed by atoms with Crippen molar-refractivity contribution < 1.29 is 4.42 Å². The molecule has 0 aliphatic rings. The fourth-order valence-electron chi connectivity index (χ4n) is 7.37. The summed E-state index contributed by atoms with van der Waals surface area (Å²) in [5, 5.41) is 7.18. The first-order chi connectivity index (χ1) is 24.3. The summed E-state index contributed by atoms with van der Waals surface area (Å²) in [7, 11) is 0. The maximum absolute atomic E-state index is 6.74. The topological polar surface area (TPSA) is 16.4 Å². The van der Waals surface area contributed by atoms with Gasteiger partial charge in [-0.1, -0.05) is 127 Å². The SMILES string of the molecule is c1ccc(-c2ccc(N(c3ccc(-c4cccc5sc6ccccc6c45)cc3)c3c4ccccc4cc4c3oc3ccccc34)cc2)cc1. The molecule has 49 heavy (non-hydrogen) atoms. The van der Waals surface area contributed by atoms with E-state index in [9.17, 15) is 0 Å². The van der Waals surface area contributed by atoms with Crippen molar-refractivity contribution in [1.29, 1.82) is 0 Å². The average Bonchev–Trinajstić information content (AvgIpc) is 3.74. The number of thiophene rings is 1.